The Hall–Kier alpha value is -0.890. The predicted molar refractivity (Wildman–Crippen MR) is 62.4 cm³/mol. The number of rotatable bonds is 3. The van der Waals surface area contributed by atoms with E-state index < -0.39 is 0 Å². The van der Waals surface area contributed by atoms with Crippen LogP contribution in [0.25, 0.3) is 0 Å². The fourth-order valence-corrected chi connectivity index (χ4v) is 3.58. The van der Waals surface area contributed by atoms with Crippen LogP contribution in [-0.4, -0.2) is 6.04 Å². The Morgan fingerprint density at radius 3 is 2.75 bits per heavy atom. The van der Waals surface area contributed by atoms with Gasteiger partial charge in [0, 0.05) is 6.04 Å². The molecule has 86 valence electrons. The third kappa shape index (κ3) is 1.75. The van der Waals surface area contributed by atoms with Gasteiger partial charge in [0.05, 0.1) is 0 Å². The van der Waals surface area contributed by atoms with Crippen molar-refractivity contribution >= 4 is 0 Å². The molecule has 2 aliphatic rings. The predicted octanol–water partition coefficient (Wildman–Crippen LogP) is 2.74. The molecule has 2 aliphatic carbocycles. The highest BCUT2D eigenvalue weighted by atomic mass is 19.1. The van der Waals surface area contributed by atoms with Gasteiger partial charge in [-0.15, -0.1) is 0 Å². The summed E-state index contributed by atoms with van der Waals surface area (Å²) in [5.74, 6) is 2.35. The van der Waals surface area contributed by atoms with Crippen LogP contribution >= 0.6 is 0 Å². The van der Waals surface area contributed by atoms with Gasteiger partial charge >= 0.3 is 0 Å². The summed E-state index contributed by atoms with van der Waals surface area (Å²) in [6.45, 7) is 0. The highest BCUT2D eigenvalue weighted by Gasteiger charge is 2.54. The largest absolute Gasteiger partial charge is 0.327 e. The summed E-state index contributed by atoms with van der Waals surface area (Å²) < 4.78 is 13.0. The molecule has 3 rings (SSSR count). The fourth-order valence-electron chi connectivity index (χ4n) is 3.58. The number of nitrogens with two attached hydrogens (primary N) is 1. The van der Waals surface area contributed by atoms with Crippen LogP contribution in [0.1, 0.15) is 24.8 Å². The van der Waals surface area contributed by atoms with Crippen molar-refractivity contribution in [3.05, 3.63) is 35.6 Å². The molecule has 0 heterocycles. The highest BCUT2D eigenvalue weighted by Crippen LogP contribution is 2.58. The maximum atomic E-state index is 13.0. The van der Waals surface area contributed by atoms with Gasteiger partial charge in [0.25, 0.3) is 0 Å². The summed E-state index contributed by atoms with van der Waals surface area (Å²) in [7, 11) is 0. The van der Waals surface area contributed by atoms with Crippen LogP contribution in [0.2, 0.25) is 0 Å². The zero-order chi connectivity index (χ0) is 11.1. The molecule has 0 aliphatic heterocycles. The van der Waals surface area contributed by atoms with E-state index >= 15 is 0 Å². The Balaban J connectivity index is 1.63. The topological polar surface area (TPSA) is 26.0 Å². The van der Waals surface area contributed by atoms with Gasteiger partial charge in [0.2, 0.25) is 0 Å². The quantitative estimate of drug-likeness (QED) is 0.831. The normalized spacial score (nSPS) is 33.5. The first kappa shape index (κ1) is 10.3. The fraction of sp³-hybridized carbons (Fsp3) is 0.571. The molecular formula is C14H18FN. The lowest BCUT2D eigenvalue weighted by Gasteiger charge is -2.13. The summed E-state index contributed by atoms with van der Waals surface area (Å²) in [5.41, 5.74) is 7.27. The Morgan fingerprint density at radius 2 is 2.06 bits per heavy atom. The molecular weight excluding hydrogens is 201 g/mol. The van der Waals surface area contributed by atoms with E-state index in [-0.39, 0.29) is 11.9 Å². The van der Waals surface area contributed by atoms with Gasteiger partial charge in [-0.1, -0.05) is 18.6 Å². The van der Waals surface area contributed by atoms with Gasteiger partial charge < -0.3 is 5.73 Å². The van der Waals surface area contributed by atoms with Crippen molar-refractivity contribution in [1.29, 1.82) is 0 Å². The third-order valence-corrected chi connectivity index (χ3v) is 4.33. The summed E-state index contributed by atoms with van der Waals surface area (Å²) in [6, 6.07) is 7.07. The van der Waals surface area contributed by atoms with E-state index in [9.17, 15) is 4.39 Å². The van der Waals surface area contributed by atoms with Crippen molar-refractivity contribution < 1.29 is 4.39 Å². The first-order valence-electron chi connectivity index (χ1n) is 6.26. The Kier molecular flexibility index (Phi) is 2.47. The molecule has 1 nitrogen and oxygen atoms in total. The van der Waals surface area contributed by atoms with E-state index in [0.29, 0.717) is 0 Å². The lowest BCUT2D eigenvalue weighted by molar-refractivity contribution is 0.483. The summed E-state index contributed by atoms with van der Waals surface area (Å²) in [4.78, 5) is 0. The van der Waals surface area contributed by atoms with Crippen LogP contribution in [0.5, 0.6) is 0 Å². The molecule has 0 amide bonds. The minimum Gasteiger partial charge on any atom is -0.327 e. The number of fused-ring (bicyclic) bond motifs is 1. The van der Waals surface area contributed by atoms with Gasteiger partial charge in [-0.25, -0.2) is 4.39 Å². The molecule has 0 aromatic heterocycles. The standard InChI is InChI=1S/C14H18FN/c15-10-4-1-3-9(7-10)8-13(16)14-11-5-2-6-12(11)14/h1,3-4,7,11-14H,2,5-6,8,16H2. The van der Waals surface area contributed by atoms with Crippen LogP contribution in [-0.2, 0) is 6.42 Å². The van der Waals surface area contributed by atoms with Crippen molar-refractivity contribution in [2.75, 3.05) is 0 Å². The summed E-state index contributed by atoms with van der Waals surface area (Å²) in [6.07, 6.45) is 4.95. The van der Waals surface area contributed by atoms with Gasteiger partial charge in [-0.3, -0.25) is 0 Å². The van der Waals surface area contributed by atoms with E-state index in [1.807, 2.05) is 6.07 Å². The van der Waals surface area contributed by atoms with E-state index in [4.69, 9.17) is 5.73 Å². The maximum absolute atomic E-state index is 13.0. The molecule has 16 heavy (non-hydrogen) atoms. The molecule has 2 saturated carbocycles. The van der Waals surface area contributed by atoms with Gasteiger partial charge in [0.1, 0.15) is 5.82 Å². The molecule has 1 aromatic rings. The second kappa shape index (κ2) is 3.85. The lowest BCUT2D eigenvalue weighted by atomic mass is 9.98. The average Bonchev–Trinajstić information content (AvgIpc) is 2.73. The molecule has 2 fully saturated rings. The lowest BCUT2D eigenvalue weighted by Crippen LogP contribution is -2.27. The van der Waals surface area contributed by atoms with E-state index in [0.717, 1.165) is 29.7 Å². The average molecular weight is 219 g/mol. The number of halogens is 1. The summed E-state index contributed by atoms with van der Waals surface area (Å²) in [5, 5.41) is 0. The molecule has 2 N–H and O–H groups in total. The Labute approximate surface area is 95.8 Å². The van der Waals surface area contributed by atoms with Crippen LogP contribution < -0.4 is 5.73 Å². The highest BCUT2D eigenvalue weighted by molar-refractivity contribution is 5.19. The Morgan fingerprint density at radius 1 is 1.31 bits per heavy atom. The van der Waals surface area contributed by atoms with E-state index in [1.54, 1.807) is 12.1 Å². The zero-order valence-corrected chi connectivity index (χ0v) is 9.40. The van der Waals surface area contributed by atoms with Crippen LogP contribution in [0.3, 0.4) is 0 Å². The Bertz CT molecular complexity index is 380. The zero-order valence-electron chi connectivity index (χ0n) is 9.40. The first-order chi connectivity index (χ1) is 7.75. The van der Waals surface area contributed by atoms with Crippen LogP contribution in [0.15, 0.2) is 24.3 Å². The number of hydrogen-bond acceptors (Lipinski definition) is 1. The number of hydrogen-bond donors (Lipinski definition) is 1. The molecule has 3 unspecified atom stereocenters. The van der Waals surface area contributed by atoms with Gasteiger partial charge in [0.15, 0.2) is 0 Å². The van der Waals surface area contributed by atoms with Crippen molar-refractivity contribution in [1.82, 2.24) is 0 Å². The van der Waals surface area contributed by atoms with Crippen LogP contribution in [0.4, 0.5) is 4.39 Å². The van der Waals surface area contributed by atoms with Crippen molar-refractivity contribution in [3.8, 4) is 0 Å². The molecule has 3 atom stereocenters. The second-order valence-electron chi connectivity index (χ2n) is 5.33. The van der Waals surface area contributed by atoms with Crippen molar-refractivity contribution in [2.45, 2.75) is 31.7 Å². The first-order valence-corrected chi connectivity index (χ1v) is 6.26. The molecule has 0 bridgehead atoms. The van der Waals surface area contributed by atoms with Gasteiger partial charge in [-0.05, 0) is 54.7 Å². The van der Waals surface area contributed by atoms with Crippen molar-refractivity contribution in [3.63, 3.8) is 0 Å². The third-order valence-electron chi connectivity index (χ3n) is 4.33. The molecule has 2 heteroatoms. The number of benzene rings is 1. The molecule has 0 radical (unpaired) electrons. The van der Waals surface area contributed by atoms with Crippen LogP contribution in [0, 0.1) is 23.6 Å². The monoisotopic (exact) mass is 219 g/mol. The van der Waals surface area contributed by atoms with Gasteiger partial charge in [-0.2, -0.15) is 0 Å². The van der Waals surface area contributed by atoms with Crippen molar-refractivity contribution in [2.24, 2.45) is 23.5 Å². The summed E-state index contributed by atoms with van der Waals surface area (Å²) >= 11 is 0. The maximum Gasteiger partial charge on any atom is 0.123 e. The molecule has 0 spiro atoms. The second-order valence-corrected chi connectivity index (χ2v) is 5.33. The van der Waals surface area contributed by atoms with E-state index in [2.05, 4.69) is 0 Å². The SMILES string of the molecule is NC(Cc1cccc(F)c1)C1C2CCCC21. The minimum absolute atomic E-state index is 0.152. The smallest absolute Gasteiger partial charge is 0.123 e. The molecule has 1 aromatic carbocycles. The molecule has 0 saturated heterocycles. The minimum atomic E-state index is -0.152. The van der Waals surface area contributed by atoms with E-state index in [1.165, 1.54) is 25.3 Å².